The fraction of sp³-hybridized carbons (Fsp3) is 0.571. The maximum absolute atomic E-state index is 9.46. The van der Waals surface area contributed by atoms with Gasteiger partial charge in [0.1, 0.15) is 0 Å². The Bertz CT molecular complexity index is 393. The third-order valence-corrected chi connectivity index (χ3v) is 4.09. The van der Waals surface area contributed by atoms with Crippen LogP contribution in [0.1, 0.15) is 31.2 Å². The predicted molar refractivity (Wildman–Crippen MR) is 76.8 cm³/mol. The smallest absolute Gasteiger partial charge is 0.0702 e. The van der Waals surface area contributed by atoms with E-state index in [0.717, 1.165) is 28.7 Å². The zero-order chi connectivity index (χ0) is 13.0. The number of nitrogens with zero attached hydrogens (tertiary/aromatic N) is 1. The van der Waals surface area contributed by atoms with Crippen LogP contribution in [0.15, 0.2) is 22.7 Å². The lowest BCUT2D eigenvalue weighted by molar-refractivity contribution is 0.277. The number of anilines is 1. The summed E-state index contributed by atoms with van der Waals surface area (Å²) in [4.78, 5) is 2.34. The zero-order valence-corrected chi connectivity index (χ0v) is 12.1. The van der Waals surface area contributed by atoms with E-state index in [9.17, 15) is 5.11 Å². The lowest BCUT2D eigenvalue weighted by atomic mass is 9.90. The first-order valence-corrected chi connectivity index (χ1v) is 7.32. The van der Waals surface area contributed by atoms with Crippen molar-refractivity contribution >= 4 is 21.6 Å². The summed E-state index contributed by atoms with van der Waals surface area (Å²) >= 11 is 3.49. The monoisotopic (exact) mass is 313 g/mol. The van der Waals surface area contributed by atoms with Crippen molar-refractivity contribution < 1.29 is 10.2 Å². The molecule has 0 heterocycles. The van der Waals surface area contributed by atoms with Gasteiger partial charge in [0.25, 0.3) is 0 Å². The molecule has 1 fully saturated rings. The van der Waals surface area contributed by atoms with Gasteiger partial charge in [-0.2, -0.15) is 0 Å². The van der Waals surface area contributed by atoms with Gasteiger partial charge in [-0.15, -0.1) is 0 Å². The molecule has 18 heavy (non-hydrogen) atoms. The van der Waals surface area contributed by atoms with Gasteiger partial charge < -0.3 is 15.1 Å². The topological polar surface area (TPSA) is 43.7 Å². The van der Waals surface area contributed by atoms with Gasteiger partial charge in [0.2, 0.25) is 0 Å². The van der Waals surface area contributed by atoms with Crippen LogP contribution in [0.25, 0.3) is 0 Å². The molecule has 0 bridgehead atoms. The Morgan fingerprint density at radius 3 is 2.61 bits per heavy atom. The number of halogens is 1. The van der Waals surface area contributed by atoms with Gasteiger partial charge in [-0.3, -0.25) is 0 Å². The maximum Gasteiger partial charge on any atom is 0.0702 e. The molecule has 0 unspecified atom stereocenters. The molecule has 0 amide bonds. The van der Waals surface area contributed by atoms with Crippen molar-refractivity contribution in [3.8, 4) is 0 Å². The number of hydrogen-bond donors (Lipinski definition) is 2. The normalized spacial score (nSPS) is 15.5. The minimum atomic E-state index is 0.0605. The summed E-state index contributed by atoms with van der Waals surface area (Å²) in [6.07, 6.45) is 4.47. The van der Waals surface area contributed by atoms with Gasteiger partial charge in [-0.25, -0.2) is 0 Å². The van der Waals surface area contributed by atoms with E-state index in [2.05, 4.69) is 26.9 Å². The van der Waals surface area contributed by atoms with E-state index in [0.29, 0.717) is 6.04 Å². The number of hydrogen-bond acceptors (Lipinski definition) is 3. The second-order valence-corrected chi connectivity index (χ2v) is 5.70. The minimum Gasteiger partial charge on any atom is -0.396 e. The highest BCUT2D eigenvalue weighted by atomic mass is 79.9. The van der Waals surface area contributed by atoms with Crippen LogP contribution < -0.4 is 4.90 Å². The molecule has 1 saturated carbocycles. The van der Waals surface area contributed by atoms with E-state index in [1.54, 1.807) is 0 Å². The summed E-state index contributed by atoms with van der Waals surface area (Å²) in [6, 6.07) is 6.56. The van der Waals surface area contributed by atoms with Gasteiger partial charge in [-0.1, -0.05) is 22.0 Å². The lowest BCUT2D eigenvalue weighted by Crippen LogP contribution is -2.41. The van der Waals surface area contributed by atoms with Crippen molar-refractivity contribution in [2.24, 2.45) is 0 Å². The third-order valence-electron chi connectivity index (χ3n) is 3.60. The Hall–Kier alpha value is -0.580. The van der Waals surface area contributed by atoms with Crippen molar-refractivity contribution in [1.29, 1.82) is 0 Å². The number of benzene rings is 1. The van der Waals surface area contributed by atoms with E-state index in [1.165, 1.54) is 19.3 Å². The summed E-state index contributed by atoms with van der Waals surface area (Å²) in [5.41, 5.74) is 2.06. The highest BCUT2D eigenvalue weighted by Gasteiger charge is 2.26. The SMILES string of the molecule is OCCCN(c1cc(Br)ccc1CO)C1CCC1. The molecular weight excluding hydrogens is 294 g/mol. The molecule has 2 rings (SSSR count). The average molecular weight is 314 g/mol. The van der Waals surface area contributed by atoms with E-state index in [-0.39, 0.29) is 13.2 Å². The van der Waals surface area contributed by atoms with E-state index in [4.69, 9.17) is 5.11 Å². The molecule has 1 aliphatic carbocycles. The van der Waals surface area contributed by atoms with Crippen molar-refractivity contribution in [3.05, 3.63) is 28.2 Å². The lowest BCUT2D eigenvalue weighted by Gasteiger charge is -2.40. The van der Waals surface area contributed by atoms with Gasteiger partial charge in [0.05, 0.1) is 6.61 Å². The van der Waals surface area contributed by atoms with E-state index in [1.807, 2.05) is 12.1 Å². The van der Waals surface area contributed by atoms with Gasteiger partial charge in [-0.05, 0) is 37.8 Å². The van der Waals surface area contributed by atoms with Crippen LogP contribution in [-0.4, -0.2) is 29.4 Å². The second-order valence-electron chi connectivity index (χ2n) is 4.79. The largest absolute Gasteiger partial charge is 0.396 e. The molecule has 0 atom stereocenters. The highest BCUT2D eigenvalue weighted by Crippen LogP contribution is 2.33. The summed E-state index contributed by atoms with van der Waals surface area (Å²) < 4.78 is 1.03. The Morgan fingerprint density at radius 2 is 2.06 bits per heavy atom. The summed E-state index contributed by atoms with van der Waals surface area (Å²) in [7, 11) is 0. The van der Waals surface area contributed by atoms with Crippen LogP contribution in [-0.2, 0) is 6.61 Å². The number of aliphatic hydroxyl groups is 2. The molecule has 2 N–H and O–H groups in total. The van der Waals surface area contributed by atoms with E-state index >= 15 is 0 Å². The highest BCUT2D eigenvalue weighted by molar-refractivity contribution is 9.10. The average Bonchev–Trinajstić information content (AvgIpc) is 2.32. The quantitative estimate of drug-likeness (QED) is 0.848. The molecule has 0 spiro atoms. The summed E-state index contributed by atoms with van der Waals surface area (Å²) in [6.45, 7) is 1.13. The molecule has 0 radical (unpaired) electrons. The van der Waals surface area contributed by atoms with Crippen molar-refractivity contribution in [1.82, 2.24) is 0 Å². The van der Waals surface area contributed by atoms with Crippen molar-refractivity contribution in [2.75, 3.05) is 18.1 Å². The van der Waals surface area contributed by atoms with Gasteiger partial charge >= 0.3 is 0 Å². The molecular formula is C14H20BrNO2. The first kappa shape index (κ1) is 13.8. The Morgan fingerprint density at radius 1 is 1.28 bits per heavy atom. The predicted octanol–water partition coefficient (Wildman–Crippen LogP) is 2.68. The first-order valence-electron chi connectivity index (χ1n) is 6.53. The minimum absolute atomic E-state index is 0.0605. The molecule has 1 aliphatic rings. The number of rotatable bonds is 6. The van der Waals surface area contributed by atoms with Crippen LogP contribution >= 0.6 is 15.9 Å². The number of aliphatic hydroxyl groups excluding tert-OH is 2. The van der Waals surface area contributed by atoms with E-state index < -0.39 is 0 Å². The fourth-order valence-electron chi connectivity index (χ4n) is 2.38. The molecule has 0 aromatic heterocycles. The molecule has 1 aromatic rings. The zero-order valence-electron chi connectivity index (χ0n) is 10.5. The van der Waals surface area contributed by atoms with Crippen molar-refractivity contribution in [3.63, 3.8) is 0 Å². The van der Waals surface area contributed by atoms with Gasteiger partial charge in [0, 0.05) is 34.9 Å². The van der Waals surface area contributed by atoms with Crippen LogP contribution in [0, 0.1) is 0 Å². The molecule has 4 heteroatoms. The molecule has 100 valence electrons. The summed E-state index contributed by atoms with van der Waals surface area (Å²) in [5.74, 6) is 0. The summed E-state index contributed by atoms with van der Waals surface area (Å²) in [5, 5.41) is 18.5. The second kappa shape index (κ2) is 6.55. The Kier molecular flexibility index (Phi) is 5.03. The fourth-order valence-corrected chi connectivity index (χ4v) is 2.73. The molecule has 0 aliphatic heterocycles. The van der Waals surface area contributed by atoms with Crippen LogP contribution in [0.5, 0.6) is 0 Å². The standard InChI is InChI=1S/C14H20BrNO2/c15-12-6-5-11(10-18)14(9-12)16(7-2-8-17)13-3-1-4-13/h5-6,9,13,17-18H,1-4,7-8,10H2. The maximum atomic E-state index is 9.46. The Balaban J connectivity index is 2.24. The molecule has 1 aromatic carbocycles. The molecule has 0 saturated heterocycles. The van der Waals surface area contributed by atoms with Crippen molar-refractivity contribution in [2.45, 2.75) is 38.3 Å². The molecule has 3 nitrogen and oxygen atoms in total. The van der Waals surface area contributed by atoms with Crippen LogP contribution in [0.2, 0.25) is 0 Å². The van der Waals surface area contributed by atoms with Crippen LogP contribution in [0.4, 0.5) is 5.69 Å². The first-order chi connectivity index (χ1) is 8.76. The van der Waals surface area contributed by atoms with Gasteiger partial charge in [0.15, 0.2) is 0 Å². The third kappa shape index (κ3) is 3.05. The Labute approximate surface area is 117 Å². The van der Waals surface area contributed by atoms with Crippen LogP contribution in [0.3, 0.4) is 0 Å².